The number of aromatic nitrogens is 2. The first-order chi connectivity index (χ1) is 13.8. The van der Waals surface area contributed by atoms with Gasteiger partial charge in [0, 0.05) is 16.9 Å². The molecule has 2 aliphatic heterocycles. The van der Waals surface area contributed by atoms with E-state index in [1.807, 2.05) is 12.1 Å². The summed E-state index contributed by atoms with van der Waals surface area (Å²) in [7, 11) is -3.82. The second-order valence-electron chi connectivity index (χ2n) is 6.46. The second kappa shape index (κ2) is 6.24. The Morgan fingerprint density at radius 3 is 2.59 bits per heavy atom. The number of nitrogens with zero attached hydrogens (tertiary/aromatic N) is 2. The molecule has 29 heavy (non-hydrogen) atoms. The summed E-state index contributed by atoms with van der Waals surface area (Å²) in [6, 6.07) is 9.63. The van der Waals surface area contributed by atoms with Gasteiger partial charge in [0.25, 0.3) is 5.91 Å². The summed E-state index contributed by atoms with van der Waals surface area (Å²) in [5.74, 6) is 1.29. The average Bonchev–Trinajstić information content (AvgIpc) is 3.32. The lowest BCUT2D eigenvalue weighted by atomic mass is 10.0. The van der Waals surface area contributed by atoms with E-state index in [4.69, 9.17) is 20.3 Å². The van der Waals surface area contributed by atoms with Crippen molar-refractivity contribution in [2.45, 2.75) is 15.5 Å². The number of primary sulfonamides is 1. The number of sulfonamides is 1. The van der Waals surface area contributed by atoms with E-state index in [2.05, 4.69) is 5.10 Å². The van der Waals surface area contributed by atoms with E-state index < -0.39 is 15.9 Å². The summed E-state index contributed by atoms with van der Waals surface area (Å²) in [6.45, 7) is 0.157. The molecule has 5 rings (SSSR count). The monoisotopic (exact) mass is 430 g/mol. The van der Waals surface area contributed by atoms with E-state index in [-0.39, 0.29) is 17.4 Å². The van der Waals surface area contributed by atoms with Gasteiger partial charge < -0.3 is 15.2 Å². The van der Waals surface area contributed by atoms with Crippen LogP contribution in [0.15, 0.2) is 46.2 Å². The summed E-state index contributed by atoms with van der Waals surface area (Å²) in [5, 5.41) is 9.59. The van der Waals surface area contributed by atoms with Crippen molar-refractivity contribution in [3.63, 3.8) is 0 Å². The highest BCUT2D eigenvalue weighted by atomic mass is 32.2. The lowest BCUT2D eigenvalue weighted by molar-refractivity contribution is 0.0992. The number of carbonyl (C=O) groups excluding carboxylic acids is 1. The predicted octanol–water partition coefficient (Wildman–Crippen LogP) is 1.62. The molecule has 1 aromatic heterocycles. The van der Waals surface area contributed by atoms with Crippen molar-refractivity contribution in [1.29, 1.82) is 0 Å². The number of ether oxygens (including phenoxy) is 2. The fourth-order valence-electron chi connectivity index (χ4n) is 3.44. The predicted molar refractivity (Wildman–Crippen MR) is 105 cm³/mol. The minimum absolute atomic E-state index is 0.0180. The van der Waals surface area contributed by atoms with Gasteiger partial charge in [0.2, 0.25) is 16.8 Å². The molecule has 9 nitrogen and oxygen atoms in total. The molecular weight excluding hydrogens is 416 g/mol. The van der Waals surface area contributed by atoms with Gasteiger partial charge in [0.15, 0.2) is 17.2 Å². The van der Waals surface area contributed by atoms with Crippen LogP contribution in [-0.4, -0.2) is 30.9 Å². The molecule has 3 aromatic rings. The Hall–Kier alpha value is -3.02. The Bertz CT molecular complexity index is 1280. The maximum absolute atomic E-state index is 12.0. The SMILES string of the molecule is NC(=O)c1nn(-c2ccc(S(N)(=O)=O)cc2)c2c1SCc1c-2ccc2c1OCO2. The van der Waals surface area contributed by atoms with Gasteiger partial charge in [-0.3, -0.25) is 4.79 Å². The molecule has 0 fully saturated rings. The zero-order valence-corrected chi connectivity index (χ0v) is 16.4. The van der Waals surface area contributed by atoms with E-state index in [1.165, 1.54) is 23.9 Å². The normalized spacial score (nSPS) is 14.4. The first-order valence-corrected chi connectivity index (χ1v) is 11.0. The Balaban J connectivity index is 1.74. The summed E-state index contributed by atoms with van der Waals surface area (Å²) in [5.41, 5.74) is 8.74. The zero-order valence-electron chi connectivity index (χ0n) is 14.8. The summed E-state index contributed by atoms with van der Waals surface area (Å²) >= 11 is 1.44. The van der Waals surface area contributed by atoms with Crippen molar-refractivity contribution >= 4 is 27.7 Å². The Morgan fingerprint density at radius 2 is 1.90 bits per heavy atom. The molecular formula is C18H14N4O5S2. The third kappa shape index (κ3) is 2.77. The number of thioether (sulfide) groups is 1. The Labute approximate surface area is 169 Å². The minimum Gasteiger partial charge on any atom is -0.454 e. The van der Waals surface area contributed by atoms with Gasteiger partial charge >= 0.3 is 0 Å². The van der Waals surface area contributed by atoms with Crippen LogP contribution in [0.2, 0.25) is 0 Å². The first-order valence-electron chi connectivity index (χ1n) is 8.45. The van der Waals surface area contributed by atoms with Crippen molar-refractivity contribution in [2.24, 2.45) is 10.9 Å². The van der Waals surface area contributed by atoms with Crippen LogP contribution in [0.3, 0.4) is 0 Å². The number of hydrogen-bond donors (Lipinski definition) is 2. The second-order valence-corrected chi connectivity index (χ2v) is 9.00. The van der Waals surface area contributed by atoms with Crippen molar-refractivity contribution in [1.82, 2.24) is 9.78 Å². The molecule has 11 heteroatoms. The number of rotatable bonds is 3. The highest BCUT2D eigenvalue weighted by Gasteiger charge is 2.32. The highest BCUT2D eigenvalue weighted by molar-refractivity contribution is 7.98. The fourth-order valence-corrected chi connectivity index (χ4v) is 5.14. The molecule has 0 unspecified atom stereocenters. The van der Waals surface area contributed by atoms with Crippen LogP contribution in [0.4, 0.5) is 0 Å². The largest absolute Gasteiger partial charge is 0.454 e. The van der Waals surface area contributed by atoms with Crippen LogP contribution in [0.1, 0.15) is 16.1 Å². The van der Waals surface area contributed by atoms with Crippen LogP contribution in [-0.2, 0) is 15.8 Å². The number of hydrogen-bond acceptors (Lipinski definition) is 7. The Morgan fingerprint density at radius 1 is 1.14 bits per heavy atom. The molecule has 0 bridgehead atoms. The number of amides is 1. The van der Waals surface area contributed by atoms with E-state index in [0.717, 1.165) is 11.1 Å². The highest BCUT2D eigenvalue weighted by Crippen LogP contribution is 2.50. The maximum atomic E-state index is 12.0. The molecule has 2 aromatic carbocycles. The smallest absolute Gasteiger partial charge is 0.270 e. The molecule has 0 atom stereocenters. The number of benzene rings is 2. The molecule has 0 aliphatic carbocycles. The molecule has 0 spiro atoms. The van der Waals surface area contributed by atoms with Crippen LogP contribution < -0.4 is 20.3 Å². The van der Waals surface area contributed by atoms with Crippen LogP contribution in [0.25, 0.3) is 16.9 Å². The van der Waals surface area contributed by atoms with Gasteiger partial charge in [-0.05, 0) is 36.4 Å². The third-order valence-corrected chi connectivity index (χ3v) is 6.78. The van der Waals surface area contributed by atoms with Crippen LogP contribution >= 0.6 is 11.8 Å². The van der Waals surface area contributed by atoms with Crippen molar-refractivity contribution < 1.29 is 22.7 Å². The van der Waals surface area contributed by atoms with Crippen molar-refractivity contribution in [3.05, 3.63) is 47.7 Å². The van der Waals surface area contributed by atoms with Gasteiger partial charge in [-0.15, -0.1) is 11.8 Å². The molecule has 4 N–H and O–H groups in total. The van der Waals surface area contributed by atoms with Gasteiger partial charge in [0.1, 0.15) is 0 Å². The zero-order chi connectivity index (χ0) is 20.3. The average molecular weight is 430 g/mol. The molecule has 0 saturated heterocycles. The van der Waals surface area contributed by atoms with E-state index >= 15 is 0 Å². The lowest BCUT2D eigenvalue weighted by Crippen LogP contribution is -2.13. The minimum atomic E-state index is -3.82. The topological polar surface area (TPSA) is 140 Å². The number of carbonyl (C=O) groups is 1. The quantitative estimate of drug-likeness (QED) is 0.643. The van der Waals surface area contributed by atoms with Crippen molar-refractivity contribution in [3.8, 4) is 28.4 Å². The number of primary amides is 1. The van der Waals surface area contributed by atoms with E-state index in [9.17, 15) is 13.2 Å². The first kappa shape index (κ1) is 18.0. The summed E-state index contributed by atoms with van der Waals surface area (Å²) < 4.78 is 35.8. The summed E-state index contributed by atoms with van der Waals surface area (Å²) in [6.07, 6.45) is 0. The summed E-state index contributed by atoms with van der Waals surface area (Å²) in [4.78, 5) is 12.6. The lowest BCUT2D eigenvalue weighted by Gasteiger charge is -2.19. The van der Waals surface area contributed by atoms with Gasteiger partial charge in [-0.1, -0.05) is 0 Å². The number of nitrogens with two attached hydrogens (primary N) is 2. The molecule has 2 aliphatic rings. The maximum Gasteiger partial charge on any atom is 0.270 e. The molecule has 0 saturated carbocycles. The standard InChI is InChI=1S/C18H14N4O5S2/c19-18(23)14-17-15(11-5-6-13-16(27-8-26-13)12(11)7-28-17)22(21-14)9-1-3-10(4-2-9)29(20,24)25/h1-6H,7-8H2,(H2,19,23)(H2,20,24,25). The van der Waals surface area contributed by atoms with Gasteiger partial charge in [-0.25, -0.2) is 18.2 Å². The Kier molecular flexibility index (Phi) is 3.88. The van der Waals surface area contributed by atoms with Gasteiger partial charge in [-0.2, -0.15) is 5.10 Å². The van der Waals surface area contributed by atoms with Crippen LogP contribution in [0.5, 0.6) is 11.5 Å². The molecule has 0 radical (unpaired) electrons. The third-order valence-electron chi connectivity index (χ3n) is 4.74. The fraction of sp³-hybridized carbons (Fsp3) is 0.111. The van der Waals surface area contributed by atoms with Gasteiger partial charge in [0.05, 0.1) is 21.2 Å². The van der Waals surface area contributed by atoms with Crippen molar-refractivity contribution in [2.75, 3.05) is 6.79 Å². The van der Waals surface area contributed by atoms with E-state index in [1.54, 1.807) is 16.8 Å². The number of fused-ring (bicyclic) bond motifs is 5. The molecule has 1 amide bonds. The molecule has 3 heterocycles. The van der Waals surface area contributed by atoms with E-state index in [0.29, 0.717) is 33.5 Å². The molecule has 148 valence electrons. The van der Waals surface area contributed by atoms with Crippen LogP contribution in [0, 0.1) is 0 Å².